The largest absolute Gasteiger partial charge is 0.466 e. The molecule has 0 unspecified atom stereocenters. The summed E-state index contributed by atoms with van der Waals surface area (Å²) in [5.74, 6) is -0.104. The third kappa shape index (κ3) is 15.5. The van der Waals surface area contributed by atoms with E-state index in [1.807, 2.05) is 32.0 Å². The molecule has 3 nitrogen and oxygen atoms in total. The summed E-state index contributed by atoms with van der Waals surface area (Å²) in [5.41, 5.74) is 1.97. The highest BCUT2D eigenvalue weighted by atomic mass is 16.5. The zero-order valence-electron chi connectivity index (χ0n) is 22.7. The number of rotatable bonds is 22. The van der Waals surface area contributed by atoms with Crippen LogP contribution >= 0.6 is 0 Å². The SMILES string of the molecule is CCCCCCCCCCCCCCCCCCOC(=O)CCc1cccc(C(C)(C)CO)c1. The summed E-state index contributed by atoms with van der Waals surface area (Å²) in [6.45, 7) is 6.99. The van der Waals surface area contributed by atoms with Crippen LogP contribution in [-0.2, 0) is 21.4 Å². The monoisotopic (exact) mass is 474 g/mol. The number of ether oxygens (including phenoxy) is 1. The second-order valence-electron chi connectivity index (χ2n) is 10.8. The van der Waals surface area contributed by atoms with Gasteiger partial charge < -0.3 is 9.84 Å². The third-order valence-corrected chi connectivity index (χ3v) is 6.98. The van der Waals surface area contributed by atoms with Gasteiger partial charge in [-0.1, -0.05) is 141 Å². The van der Waals surface area contributed by atoms with Crippen LogP contribution in [0.15, 0.2) is 24.3 Å². The lowest BCUT2D eigenvalue weighted by Gasteiger charge is -2.22. The summed E-state index contributed by atoms with van der Waals surface area (Å²) in [7, 11) is 0. The molecule has 1 aromatic carbocycles. The summed E-state index contributed by atoms with van der Waals surface area (Å²) >= 11 is 0. The van der Waals surface area contributed by atoms with Gasteiger partial charge in [0.15, 0.2) is 0 Å². The Labute approximate surface area is 211 Å². The van der Waals surface area contributed by atoms with Gasteiger partial charge in [-0.2, -0.15) is 0 Å². The van der Waals surface area contributed by atoms with Gasteiger partial charge in [0.25, 0.3) is 0 Å². The molecule has 0 spiro atoms. The van der Waals surface area contributed by atoms with Gasteiger partial charge in [-0.15, -0.1) is 0 Å². The van der Waals surface area contributed by atoms with E-state index in [0.717, 1.165) is 24.0 Å². The lowest BCUT2D eigenvalue weighted by molar-refractivity contribution is -0.143. The maximum Gasteiger partial charge on any atom is 0.306 e. The molecule has 0 saturated heterocycles. The summed E-state index contributed by atoms with van der Waals surface area (Å²) < 4.78 is 5.42. The molecule has 0 heterocycles. The lowest BCUT2D eigenvalue weighted by atomic mass is 9.84. The van der Waals surface area contributed by atoms with Crippen LogP contribution in [0, 0.1) is 0 Å². The number of aliphatic hydroxyl groups excluding tert-OH is 1. The van der Waals surface area contributed by atoms with Crippen molar-refractivity contribution < 1.29 is 14.6 Å². The molecular weight excluding hydrogens is 420 g/mol. The molecule has 3 heteroatoms. The smallest absolute Gasteiger partial charge is 0.306 e. The Balaban J connectivity index is 1.91. The zero-order valence-corrected chi connectivity index (χ0v) is 22.7. The van der Waals surface area contributed by atoms with Crippen LogP contribution in [0.2, 0.25) is 0 Å². The molecule has 0 aromatic heterocycles. The van der Waals surface area contributed by atoms with Gasteiger partial charge in [0.05, 0.1) is 13.2 Å². The Morgan fingerprint density at radius 3 is 1.79 bits per heavy atom. The Morgan fingerprint density at radius 1 is 0.794 bits per heavy atom. The number of aliphatic hydroxyl groups is 1. The minimum Gasteiger partial charge on any atom is -0.466 e. The van der Waals surface area contributed by atoms with Crippen molar-refractivity contribution >= 4 is 5.97 Å². The molecule has 0 atom stereocenters. The highest BCUT2D eigenvalue weighted by molar-refractivity contribution is 5.69. The topological polar surface area (TPSA) is 46.5 Å². The van der Waals surface area contributed by atoms with Crippen LogP contribution < -0.4 is 0 Å². The van der Waals surface area contributed by atoms with E-state index in [4.69, 9.17) is 4.74 Å². The van der Waals surface area contributed by atoms with Crippen molar-refractivity contribution in [1.82, 2.24) is 0 Å². The van der Waals surface area contributed by atoms with Crippen LogP contribution in [0.1, 0.15) is 141 Å². The van der Waals surface area contributed by atoms with Crippen molar-refractivity contribution in [2.75, 3.05) is 13.2 Å². The number of benzene rings is 1. The van der Waals surface area contributed by atoms with Crippen LogP contribution in [0.25, 0.3) is 0 Å². The molecule has 0 aliphatic heterocycles. The number of esters is 1. The maximum absolute atomic E-state index is 12.1. The van der Waals surface area contributed by atoms with Gasteiger partial charge in [-0.3, -0.25) is 4.79 Å². The number of unbranched alkanes of at least 4 members (excludes halogenated alkanes) is 15. The first kappa shape index (κ1) is 30.7. The molecule has 1 aromatic rings. The minimum atomic E-state index is -0.260. The van der Waals surface area contributed by atoms with Gasteiger partial charge in [0.2, 0.25) is 0 Å². The molecule has 0 aliphatic rings. The Morgan fingerprint density at radius 2 is 1.29 bits per heavy atom. The quantitative estimate of drug-likeness (QED) is 0.135. The van der Waals surface area contributed by atoms with Gasteiger partial charge in [0, 0.05) is 11.8 Å². The normalized spacial score (nSPS) is 11.6. The molecule has 1 N–H and O–H groups in total. The average molecular weight is 475 g/mol. The van der Waals surface area contributed by atoms with E-state index in [0.29, 0.717) is 19.4 Å². The van der Waals surface area contributed by atoms with E-state index < -0.39 is 0 Å². The molecule has 0 radical (unpaired) electrons. The van der Waals surface area contributed by atoms with Gasteiger partial charge in [-0.05, 0) is 24.0 Å². The van der Waals surface area contributed by atoms with Crippen LogP contribution in [0.4, 0.5) is 0 Å². The third-order valence-electron chi connectivity index (χ3n) is 6.98. The number of aryl methyl sites for hydroxylation is 1. The number of carbonyl (C=O) groups excluding carboxylic acids is 1. The fraction of sp³-hybridized carbons (Fsp3) is 0.774. The maximum atomic E-state index is 12.1. The predicted molar refractivity (Wildman–Crippen MR) is 145 cm³/mol. The standard InChI is InChI=1S/C31H54O3/c1-4-5-6-7-8-9-10-11-12-13-14-15-16-17-18-19-25-34-30(33)24-23-28-21-20-22-29(26-28)31(2,3)27-32/h20-22,26,32H,4-19,23-25,27H2,1-3H3. The molecule has 0 aliphatic carbocycles. The molecule has 34 heavy (non-hydrogen) atoms. The lowest BCUT2D eigenvalue weighted by Crippen LogP contribution is -2.22. The van der Waals surface area contributed by atoms with Crippen LogP contribution in [-0.4, -0.2) is 24.3 Å². The van der Waals surface area contributed by atoms with Crippen LogP contribution in [0.3, 0.4) is 0 Å². The van der Waals surface area contributed by atoms with Crippen molar-refractivity contribution in [3.63, 3.8) is 0 Å². The first-order valence-electron chi connectivity index (χ1n) is 14.4. The second-order valence-corrected chi connectivity index (χ2v) is 10.8. The van der Waals surface area contributed by atoms with E-state index in [2.05, 4.69) is 13.0 Å². The first-order valence-corrected chi connectivity index (χ1v) is 14.4. The van der Waals surface area contributed by atoms with Crippen LogP contribution in [0.5, 0.6) is 0 Å². The Kier molecular flexibility index (Phi) is 18.0. The summed E-state index contributed by atoms with van der Waals surface area (Å²) in [6, 6.07) is 8.18. The van der Waals surface area contributed by atoms with E-state index in [1.54, 1.807) is 0 Å². The zero-order chi connectivity index (χ0) is 24.9. The number of hydrogen-bond donors (Lipinski definition) is 1. The highest BCUT2D eigenvalue weighted by Crippen LogP contribution is 2.23. The molecular formula is C31H54O3. The second kappa shape index (κ2) is 19.9. The Bertz CT molecular complexity index is 623. The van der Waals surface area contributed by atoms with Crippen molar-refractivity contribution in [2.24, 2.45) is 0 Å². The molecule has 196 valence electrons. The summed E-state index contributed by atoms with van der Waals surface area (Å²) in [5, 5.41) is 9.56. The number of hydrogen-bond acceptors (Lipinski definition) is 3. The summed E-state index contributed by atoms with van der Waals surface area (Å²) in [6.07, 6.45) is 22.7. The first-order chi connectivity index (χ1) is 16.5. The van der Waals surface area contributed by atoms with Gasteiger partial charge in [0.1, 0.15) is 0 Å². The highest BCUT2D eigenvalue weighted by Gasteiger charge is 2.19. The minimum absolute atomic E-state index is 0.104. The van der Waals surface area contributed by atoms with E-state index >= 15 is 0 Å². The van der Waals surface area contributed by atoms with E-state index in [-0.39, 0.29) is 18.0 Å². The molecule has 0 fully saturated rings. The van der Waals surface area contributed by atoms with E-state index in [9.17, 15) is 9.90 Å². The fourth-order valence-electron chi connectivity index (χ4n) is 4.39. The van der Waals surface area contributed by atoms with Crippen molar-refractivity contribution in [3.05, 3.63) is 35.4 Å². The average Bonchev–Trinajstić information content (AvgIpc) is 2.84. The van der Waals surface area contributed by atoms with Gasteiger partial charge in [-0.25, -0.2) is 0 Å². The van der Waals surface area contributed by atoms with Crippen molar-refractivity contribution in [2.45, 2.75) is 142 Å². The summed E-state index contributed by atoms with van der Waals surface area (Å²) in [4.78, 5) is 12.1. The van der Waals surface area contributed by atoms with Crippen molar-refractivity contribution in [1.29, 1.82) is 0 Å². The van der Waals surface area contributed by atoms with Crippen molar-refractivity contribution in [3.8, 4) is 0 Å². The Hall–Kier alpha value is -1.35. The molecule has 0 saturated carbocycles. The molecule has 0 amide bonds. The fourth-order valence-corrected chi connectivity index (χ4v) is 4.39. The number of carbonyl (C=O) groups is 1. The molecule has 1 rings (SSSR count). The van der Waals surface area contributed by atoms with E-state index in [1.165, 1.54) is 89.9 Å². The molecule has 0 bridgehead atoms. The predicted octanol–water partition coefficient (Wildman–Crippen LogP) is 8.69. The van der Waals surface area contributed by atoms with Gasteiger partial charge >= 0.3 is 5.97 Å².